The van der Waals surface area contributed by atoms with Crippen LogP contribution in [0.25, 0.3) is 44.6 Å². The number of nitrogens with zero attached hydrogens (tertiary/aromatic N) is 1. The number of aryl methyl sites for hydroxylation is 4. The first-order valence-electron chi connectivity index (χ1n) is 14.3. The van der Waals surface area contributed by atoms with Crippen molar-refractivity contribution in [3.8, 4) is 44.6 Å². The van der Waals surface area contributed by atoms with Gasteiger partial charge in [0.15, 0.2) is 6.20 Å². The van der Waals surface area contributed by atoms with E-state index in [4.69, 9.17) is 8.22 Å². The molecule has 0 saturated heterocycles. The number of aromatic nitrogens is 1. The summed E-state index contributed by atoms with van der Waals surface area (Å²) in [7, 11) is 1.81. The first-order valence-corrected chi connectivity index (χ1v) is 11.3. The third-order valence-corrected chi connectivity index (χ3v) is 6.33. The molecule has 0 radical (unpaired) electrons. The summed E-state index contributed by atoms with van der Waals surface area (Å²) in [6.07, 6.45) is 1.60. The molecule has 0 saturated carbocycles. The summed E-state index contributed by atoms with van der Waals surface area (Å²) in [6.45, 7) is -2.89. The Balaban J connectivity index is 1.68. The zero-order valence-electron chi connectivity index (χ0n) is 25.3. The van der Waals surface area contributed by atoms with Gasteiger partial charge in [-0.25, -0.2) is 4.57 Å². The van der Waals surface area contributed by atoms with E-state index in [1.807, 2.05) is 105 Å². The number of hydrogen-bond donors (Lipinski definition) is 0. The van der Waals surface area contributed by atoms with E-state index in [2.05, 4.69) is 0 Å². The third-order valence-electron chi connectivity index (χ3n) is 6.33. The van der Waals surface area contributed by atoms with Crippen LogP contribution in [0.4, 0.5) is 0 Å². The zero-order chi connectivity index (χ0) is 28.7. The maximum Gasteiger partial charge on any atom is 0.213 e. The zero-order valence-corrected chi connectivity index (χ0v) is 19.3. The predicted octanol–water partition coefficient (Wildman–Crippen LogP) is 8.10. The van der Waals surface area contributed by atoms with Gasteiger partial charge in [-0.15, -0.1) is 0 Å². The van der Waals surface area contributed by atoms with E-state index in [1.54, 1.807) is 22.9 Å². The second kappa shape index (κ2) is 9.11. The number of pyridine rings is 1. The molecule has 0 atom stereocenters. The van der Waals surface area contributed by atoms with Gasteiger partial charge >= 0.3 is 0 Å². The fourth-order valence-corrected chi connectivity index (χ4v) is 4.44. The standard InChI is InChI=1S/C33H30N/c1-23-10-8-9-13-31(23)33-21-32(25(3)22-34(33)4)30-19-18-29(20-24(30)2)28-16-14-27(15-17-28)26-11-6-5-7-12-26/h5-22H,1-4H3/q+1/i2D3,3D3. The minimum absolute atomic E-state index is 0.109. The minimum Gasteiger partial charge on any atom is -0.201 e. The summed E-state index contributed by atoms with van der Waals surface area (Å²) >= 11 is 0. The summed E-state index contributed by atoms with van der Waals surface area (Å²) in [5.74, 6) is 0. The lowest BCUT2D eigenvalue weighted by Crippen LogP contribution is -2.31. The molecule has 0 aliphatic rings. The van der Waals surface area contributed by atoms with Crippen molar-refractivity contribution in [1.29, 1.82) is 0 Å². The molecule has 0 spiro atoms. The van der Waals surface area contributed by atoms with Crippen molar-refractivity contribution >= 4 is 0 Å². The lowest BCUT2D eigenvalue weighted by atomic mass is 9.92. The smallest absolute Gasteiger partial charge is 0.201 e. The predicted molar refractivity (Wildman–Crippen MR) is 144 cm³/mol. The van der Waals surface area contributed by atoms with Gasteiger partial charge in [0.05, 0.1) is 0 Å². The Morgan fingerprint density at radius 2 is 1.15 bits per heavy atom. The summed E-state index contributed by atoms with van der Waals surface area (Å²) in [5.41, 5.74) is 7.62. The van der Waals surface area contributed by atoms with Crippen molar-refractivity contribution in [1.82, 2.24) is 0 Å². The van der Waals surface area contributed by atoms with E-state index >= 15 is 0 Å². The van der Waals surface area contributed by atoms with Crippen LogP contribution in [-0.2, 0) is 7.05 Å². The van der Waals surface area contributed by atoms with Crippen LogP contribution in [0, 0.1) is 20.6 Å². The molecule has 1 nitrogen and oxygen atoms in total. The Hall–Kier alpha value is -3.97. The number of benzene rings is 4. The summed E-state index contributed by atoms with van der Waals surface area (Å²) < 4.78 is 51.7. The number of hydrogen-bond acceptors (Lipinski definition) is 0. The molecule has 5 rings (SSSR count). The van der Waals surface area contributed by atoms with Crippen LogP contribution in [-0.4, -0.2) is 0 Å². The maximum absolute atomic E-state index is 8.38. The van der Waals surface area contributed by atoms with Crippen LogP contribution in [0.15, 0.2) is 109 Å². The molecule has 0 amide bonds. The van der Waals surface area contributed by atoms with Crippen LogP contribution in [0.5, 0.6) is 0 Å². The van der Waals surface area contributed by atoms with E-state index < -0.39 is 13.7 Å². The minimum atomic E-state index is -2.46. The van der Waals surface area contributed by atoms with Gasteiger partial charge in [-0.1, -0.05) is 91.0 Å². The highest BCUT2D eigenvalue weighted by Crippen LogP contribution is 2.33. The summed E-state index contributed by atoms with van der Waals surface area (Å²) in [4.78, 5) is 0. The van der Waals surface area contributed by atoms with E-state index in [0.29, 0.717) is 11.1 Å². The number of rotatable bonds is 4. The Labute approximate surface area is 211 Å². The molecule has 0 aliphatic carbocycles. The van der Waals surface area contributed by atoms with Crippen molar-refractivity contribution in [2.45, 2.75) is 20.6 Å². The average molecular weight is 447 g/mol. The lowest BCUT2D eigenvalue weighted by Gasteiger charge is -2.13. The Kier molecular flexibility index (Phi) is 4.23. The monoisotopic (exact) mass is 446 g/mol. The molecule has 0 aliphatic heterocycles. The van der Waals surface area contributed by atoms with Crippen LogP contribution in [0.3, 0.4) is 0 Å². The molecular weight excluding hydrogens is 410 g/mol. The molecule has 166 valence electrons. The molecule has 4 aromatic carbocycles. The third kappa shape index (κ3) is 4.18. The van der Waals surface area contributed by atoms with Gasteiger partial charge in [0.25, 0.3) is 0 Å². The van der Waals surface area contributed by atoms with E-state index in [0.717, 1.165) is 39.1 Å². The fourth-order valence-electron chi connectivity index (χ4n) is 4.44. The molecule has 34 heavy (non-hydrogen) atoms. The van der Waals surface area contributed by atoms with Crippen LogP contribution >= 0.6 is 0 Å². The van der Waals surface area contributed by atoms with Gasteiger partial charge in [-0.2, -0.15) is 0 Å². The molecule has 0 bridgehead atoms. The molecule has 5 aromatic rings. The maximum atomic E-state index is 8.38. The van der Waals surface area contributed by atoms with Crippen molar-refractivity contribution < 1.29 is 12.8 Å². The normalized spacial score (nSPS) is 14.3. The van der Waals surface area contributed by atoms with Gasteiger partial charge in [0.1, 0.15) is 7.05 Å². The van der Waals surface area contributed by atoms with Crippen LogP contribution < -0.4 is 4.57 Å². The highest BCUT2D eigenvalue weighted by molar-refractivity contribution is 5.78. The largest absolute Gasteiger partial charge is 0.213 e. The van der Waals surface area contributed by atoms with Gasteiger partial charge in [0.2, 0.25) is 5.69 Å². The first kappa shape index (κ1) is 15.8. The van der Waals surface area contributed by atoms with Crippen LogP contribution in [0.2, 0.25) is 0 Å². The van der Waals surface area contributed by atoms with Gasteiger partial charge in [-0.3, -0.25) is 0 Å². The second-order valence-corrected chi connectivity index (χ2v) is 8.62. The molecule has 0 N–H and O–H groups in total. The van der Waals surface area contributed by atoms with Crippen molar-refractivity contribution in [2.75, 3.05) is 0 Å². The van der Waals surface area contributed by atoms with Gasteiger partial charge in [0, 0.05) is 25.4 Å². The average Bonchev–Trinajstić information content (AvgIpc) is 2.93. The van der Waals surface area contributed by atoms with Crippen molar-refractivity contribution in [3.05, 3.63) is 126 Å². The van der Waals surface area contributed by atoms with Crippen LogP contribution in [0.1, 0.15) is 24.9 Å². The summed E-state index contributed by atoms with van der Waals surface area (Å²) in [5, 5.41) is 0. The van der Waals surface area contributed by atoms with Crippen molar-refractivity contribution in [2.24, 2.45) is 7.05 Å². The molecular formula is C33H30N+. The van der Waals surface area contributed by atoms with Crippen molar-refractivity contribution in [3.63, 3.8) is 0 Å². The Bertz CT molecular complexity index is 1670. The highest BCUT2D eigenvalue weighted by atomic mass is 14.9. The quantitative estimate of drug-likeness (QED) is 0.246. The van der Waals surface area contributed by atoms with E-state index in [1.165, 1.54) is 0 Å². The van der Waals surface area contributed by atoms with E-state index in [9.17, 15) is 0 Å². The lowest BCUT2D eigenvalue weighted by molar-refractivity contribution is -0.660. The van der Waals surface area contributed by atoms with Gasteiger partial charge in [-0.05, 0) is 71.2 Å². The topological polar surface area (TPSA) is 3.88 Å². The summed E-state index contributed by atoms with van der Waals surface area (Å²) in [6, 6.07) is 33.0. The first-order chi connectivity index (χ1) is 18.9. The second-order valence-electron chi connectivity index (χ2n) is 8.62. The molecule has 0 fully saturated rings. The SMILES string of the molecule is [2H]C([2H])([2H])c1cc(-c2ccc(-c3ccccc3)cc2)ccc1-c1cc(-c2ccccc2C)[n+](C)cc1C([2H])([2H])[2H]. The highest BCUT2D eigenvalue weighted by Gasteiger charge is 2.17. The molecule has 0 unspecified atom stereocenters. The van der Waals surface area contributed by atoms with E-state index in [-0.39, 0.29) is 11.1 Å². The Morgan fingerprint density at radius 1 is 0.529 bits per heavy atom. The molecule has 1 aromatic heterocycles. The molecule has 1 heterocycles. The fraction of sp³-hybridized carbons (Fsp3) is 0.121. The molecule has 1 heteroatoms. The van der Waals surface area contributed by atoms with Gasteiger partial charge < -0.3 is 0 Å². The Morgan fingerprint density at radius 3 is 1.85 bits per heavy atom.